The van der Waals surface area contributed by atoms with Gasteiger partial charge in [0, 0.05) is 9.79 Å². The van der Waals surface area contributed by atoms with E-state index < -0.39 is 11.6 Å². The van der Waals surface area contributed by atoms with Crippen molar-refractivity contribution in [3.63, 3.8) is 0 Å². The highest BCUT2D eigenvalue weighted by Crippen LogP contribution is 2.62. The molecule has 7 aromatic carbocycles. The fourth-order valence-electron chi connectivity index (χ4n) is 8.05. The van der Waals surface area contributed by atoms with Crippen LogP contribution >= 0.6 is 11.8 Å². The van der Waals surface area contributed by atoms with Crippen LogP contribution < -0.4 is 0 Å². The molecule has 1 atom stereocenters. The number of hydrogen-bond acceptors (Lipinski definition) is 4. The summed E-state index contributed by atoms with van der Waals surface area (Å²) >= 11 is 1.84. The van der Waals surface area contributed by atoms with Gasteiger partial charge in [-0.15, -0.1) is 0 Å². The Balaban J connectivity index is 1.21. The first kappa shape index (κ1) is 30.4. The van der Waals surface area contributed by atoms with E-state index in [1.807, 2.05) is 66.4 Å². The monoisotopic (exact) mass is 681 g/mol. The van der Waals surface area contributed by atoms with Crippen LogP contribution in [0.1, 0.15) is 50.7 Å². The Hall–Kier alpha value is -6.48. The minimum Gasteiger partial charge on any atom is -0.438 e. The molecule has 4 nitrogen and oxygen atoms in total. The van der Waals surface area contributed by atoms with E-state index in [0.717, 1.165) is 33.4 Å². The second-order valence-electron chi connectivity index (χ2n) is 13.2. The van der Waals surface area contributed by atoms with E-state index in [-0.39, 0.29) is 0 Å². The predicted molar refractivity (Wildman–Crippen MR) is 210 cm³/mol. The largest absolute Gasteiger partial charge is 0.438 e. The summed E-state index contributed by atoms with van der Waals surface area (Å²) < 4.78 is 0. The number of nitriles is 1. The van der Waals surface area contributed by atoms with Crippen LogP contribution in [0.4, 0.5) is 0 Å². The average molecular weight is 682 g/mol. The minimum atomic E-state index is -0.511. The van der Waals surface area contributed by atoms with Gasteiger partial charge < -0.3 is 10.3 Å². The molecule has 0 saturated carbocycles. The molecule has 1 spiro atoms. The molecule has 1 unspecified atom stereocenters. The number of rotatable bonds is 4. The maximum Gasteiger partial charge on any atom is 0.0991 e. The van der Waals surface area contributed by atoms with Crippen LogP contribution in [0.3, 0.4) is 0 Å². The summed E-state index contributed by atoms with van der Waals surface area (Å²) in [6.07, 6.45) is -0.413. The lowest BCUT2D eigenvalue weighted by Crippen LogP contribution is -2.32. The number of amidine groups is 2. The van der Waals surface area contributed by atoms with Crippen molar-refractivity contribution in [3.05, 3.63) is 220 Å². The van der Waals surface area contributed by atoms with Crippen molar-refractivity contribution in [2.24, 2.45) is 9.98 Å². The van der Waals surface area contributed by atoms with Gasteiger partial charge >= 0.3 is 0 Å². The zero-order valence-electron chi connectivity index (χ0n) is 27.9. The molecule has 0 bridgehead atoms. The topological polar surface area (TPSA) is 62.6 Å². The molecule has 0 aromatic heterocycles. The van der Waals surface area contributed by atoms with Crippen LogP contribution in [0.2, 0.25) is 0 Å². The van der Waals surface area contributed by atoms with E-state index >= 15 is 0 Å². The quantitative estimate of drug-likeness (QED) is 0.186. The second-order valence-corrected chi connectivity index (χ2v) is 14.3. The molecule has 3 aliphatic rings. The molecule has 244 valence electrons. The summed E-state index contributed by atoms with van der Waals surface area (Å²) in [6.45, 7) is 0. The number of nitrogens with zero attached hydrogens (tertiary/aromatic N) is 4. The van der Waals surface area contributed by atoms with E-state index in [0.29, 0.717) is 17.2 Å². The molecule has 7 aromatic rings. The highest BCUT2D eigenvalue weighted by atomic mass is 32.2. The van der Waals surface area contributed by atoms with E-state index in [1.54, 1.807) is 0 Å². The number of fused-ring (bicyclic) bond motifs is 9. The number of hydrogen-bond donors (Lipinski definition) is 0. The fourth-order valence-corrected chi connectivity index (χ4v) is 9.25. The highest BCUT2D eigenvalue weighted by molar-refractivity contribution is 7.99. The molecule has 52 heavy (non-hydrogen) atoms. The lowest BCUT2D eigenvalue weighted by atomic mass is 9.67. The lowest BCUT2D eigenvalue weighted by Gasteiger charge is -2.39. The molecule has 0 amide bonds. The van der Waals surface area contributed by atoms with Crippen molar-refractivity contribution in [1.29, 1.82) is 5.26 Å². The van der Waals surface area contributed by atoms with Crippen LogP contribution in [-0.2, 0) is 5.41 Å². The first-order valence-corrected chi connectivity index (χ1v) is 18.2. The fraction of sp³-hybridized carbons (Fsp3) is 0.0426. The van der Waals surface area contributed by atoms with Crippen molar-refractivity contribution < 1.29 is 0 Å². The second kappa shape index (κ2) is 12.1. The standard InChI is InChI=1S/C47H29N4S/c48-29-30-12-11-17-33(26-30)34-22-24-38-36(27-34)37-28-35(46-50-44(31-13-3-1-4-14-31)49-45(51-46)32-15-5-2-6-16-32)23-25-39(37)47(38)40-18-7-9-20-42(40)52-43-21-10-8-19-41(43)47/h1-28,44H/q-1. The zero-order valence-corrected chi connectivity index (χ0v) is 28.8. The van der Waals surface area contributed by atoms with Crippen molar-refractivity contribution in [2.45, 2.75) is 21.4 Å². The van der Waals surface area contributed by atoms with Crippen LogP contribution in [0, 0.1) is 11.3 Å². The summed E-state index contributed by atoms with van der Waals surface area (Å²) in [4.78, 5) is 12.6. The third-order valence-electron chi connectivity index (χ3n) is 10.4. The van der Waals surface area contributed by atoms with Crippen LogP contribution in [-0.4, -0.2) is 11.7 Å². The molecule has 1 aliphatic carbocycles. The van der Waals surface area contributed by atoms with Gasteiger partial charge in [0.05, 0.1) is 29.0 Å². The summed E-state index contributed by atoms with van der Waals surface area (Å²) in [5.41, 5.74) is 12.5. The minimum absolute atomic E-state index is 0.413. The predicted octanol–water partition coefficient (Wildman–Crippen LogP) is 11.3. The maximum atomic E-state index is 9.70. The van der Waals surface area contributed by atoms with Gasteiger partial charge in [-0.3, -0.25) is 4.99 Å². The molecular formula is C47H29N4S-. The summed E-state index contributed by atoms with van der Waals surface area (Å²) in [5.74, 6) is 1.33. The Kier molecular flexibility index (Phi) is 7.06. The molecule has 0 N–H and O–H groups in total. The summed E-state index contributed by atoms with van der Waals surface area (Å²) in [5, 5.41) is 14.9. The Morgan fingerprint density at radius 3 is 1.81 bits per heavy atom. The van der Waals surface area contributed by atoms with E-state index in [4.69, 9.17) is 15.3 Å². The van der Waals surface area contributed by atoms with Gasteiger partial charge in [-0.25, -0.2) is 0 Å². The molecule has 0 fully saturated rings. The number of aliphatic imine (C=N–C) groups is 2. The van der Waals surface area contributed by atoms with Gasteiger partial charge in [-0.05, 0) is 97.6 Å². The van der Waals surface area contributed by atoms with E-state index in [9.17, 15) is 5.26 Å². The molecule has 0 saturated heterocycles. The van der Waals surface area contributed by atoms with E-state index in [1.165, 1.54) is 37.6 Å². The van der Waals surface area contributed by atoms with Crippen LogP contribution in [0.15, 0.2) is 190 Å². The highest BCUT2D eigenvalue weighted by Gasteiger charge is 2.50. The molecular weight excluding hydrogens is 653 g/mol. The molecule has 0 radical (unpaired) electrons. The third kappa shape index (κ3) is 4.69. The summed E-state index contributed by atoms with van der Waals surface area (Å²) in [6, 6.07) is 61.8. The van der Waals surface area contributed by atoms with Crippen molar-refractivity contribution >= 4 is 23.4 Å². The van der Waals surface area contributed by atoms with Gasteiger partial charge in [-0.1, -0.05) is 151 Å². The van der Waals surface area contributed by atoms with Crippen molar-refractivity contribution in [2.75, 3.05) is 0 Å². The maximum absolute atomic E-state index is 9.70. The molecule has 2 heterocycles. The number of benzene rings is 7. The van der Waals surface area contributed by atoms with Gasteiger partial charge in [0.15, 0.2) is 0 Å². The van der Waals surface area contributed by atoms with Gasteiger partial charge in [0.2, 0.25) is 0 Å². The average Bonchev–Trinajstić information content (AvgIpc) is 3.50. The Labute approximate surface area is 306 Å². The van der Waals surface area contributed by atoms with Gasteiger partial charge in [0.25, 0.3) is 0 Å². The first-order valence-electron chi connectivity index (χ1n) is 17.4. The smallest absolute Gasteiger partial charge is 0.0991 e. The first-order chi connectivity index (χ1) is 25.7. The molecule has 2 aliphatic heterocycles. The lowest BCUT2D eigenvalue weighted by molar-refractivity contribution is 0.722. The van der Waals surface area contributed by atoms with Crippen LogP contribution in [0.5, 0.6) is 0 Å². The Morgan fingerprint density at radius 2 is 1.12 bits per heavy atom. The van der Waals surface area contributed by atoms with Crippen LogP contribution in [0.25, 0.3) is 27.6 Å². The van der Waals surface area contributed by atoms with Gasteiger partial charge in [0.1, 0.15) is 0 Å². The van der Waals surface area contributed by atoms with E-state index in [2.05, 4.69) is 121 Å². The molecule has 10 rings (SSSR count). The van der Waals surface area contributed by atoms with Gasteiger partial charge in [-0.2, -0.15) is 5.26 Å². The molecule has 5 heteroatoms. The zero-order chi connectivity index (χ0) is 34.6. The van der Waals surface area contributed by atoms with Crippen molar-refractivity contribution in [3.8, 4) is 28.3 Å². The Bertz CT molecular complexity index is 2610. The van der Waals surface area contributed by atoms with Crippen molar-refractivity contribution in [1.82, 2.24) is 0 Å². The Morgan fingerprint density at radius 1 is 0.538 bits per heavy atom. The SMILES string of the molecule is N#Cc1cccc(-c2ccc3c(c2)-c2cc(C4=NC(c5ccccc5)=NC(c5ccccc5)[N-]4)ccc2C32c3ccccc3Sc3ccccc32)c1. The normalized spacial score (nSPS) is 15.9. The summed E-state index contributed by atoms with van der Waals surface area (Å²) in [7, 11) is 0. The third-order valence-corrected chi connectivity index (χ3v) is 11.5.